The molecular formula is C38H45ClN8O5S. The molecular weight excluding hydrogens is 716 g/mol. The van der Waals surface area contributed by atoms with Crippen LogP contribution in [0.15, 0.2) is 65.8 Å². The normalized spacial score (nSPS) is 15.9. The third kappa shape index (κ3) is 8.89. The van der Waals surface area contributed by atoms with Gasteiger partial charge in [0.2, 0.25) is 11.9 Å². The predicted molar refractivity (Wildman–Crippen MR) is 206 cm³/mol. The number of benzene rings is 2. The standard InChI is InChI=1S/C38H45ClN8O5S/c1-23(2)52-33-19-29(26-12-15-46(16-13-26)22-27-10-11-28(20-40-27)47-17-14-35(48)44-38(47)49)25(5)18-32(33)43-37-41-21-30(39)36(45-37)42-31-8-6-7-9-34(31)53(50,51)24(3)4/h6-11,18-21,23-24,26H,12-17,22H2,1-5H3,(H,44,48,49)(H2,41,42,43,45). The number of para-hydroxylation sites is 1. The van der Waals surface area contributed by atoms with Crippen molar-refractivity contribution in [1.29, 1.82) is 0 Å². The molecule has 0 radical (unpaired) electrons. The quantitative estimate of drug-likeness (QED) is 0.135. The lowest BCUT2D eigenvalue weighted by Gasteiger charge is -2.33. The maximum atomic E-state index is 13.0. The van der Waals surface area contributed by atoms with Crippen molar-refractivity contribution < 1.29 is 22.7 Å². The van der Waals surface area contributed by atoms with Crippen molar-refractivity contribution in [1.82, 2.24) is 25.2 Å². The highest BCUT2D eigenvalue weighted by molar-refractivity contribution is 7.92. The second-order valence-corrected chi connectivity index (χ2v) is 16.8. The molecule has 0 aliphatic carbocycles. The molecule has 4 heterocycles. The fraction of sp³-hybridized carbons (Fsp3) is 0.395. The van der Waals surface area contributed by atoms with Crippen molar-refractivity contribution in [2.75, 3.05) is 35.2 Å². The molecule has 0 bridgehead atoms. The smallest absolute Gasteiger partial charge is 0.328 e. The number of carbonyl (C=O) groups excluding carboxylic acids is 2. The Balaban J connectivity index is 1.14. The van der Waals surface area contributed by atoms with Crippen LogP contribution in [-0.2, 0) is 21.2 Å². The molecule has 53 heavy (non-hydrogen) atoms. The maximum Gasteiger partial charge on any atom is 0.328 e. The van der Waals surface area contributed by atoms with Crippen molar-refractivity contribution in [3.8, 4) is 5.75 Å². The topological polar surface area (TPSA) is 159 Å². The average molecular weight is 761 g/mol. The van der Waals surface area contributed by atoms with E-state index >= 15 is 0 Å². The lowest BCUT2D eigenvalue weighted by atomic mass is 9.86. The van der Waals surface area contributed by atoms with Crippen molar-refractivity contribution in [2.45, 2.75) is 82.6 Å². The summed E-state index contributed by atoms with van der Waals surface area (Å²) in [7, 11) is -3.57. The Bertz CT molecular complexity index is 2090. The molecule has 3 N–H and O–H groups in total. The Morgan fingerprint density at radius 3 is 2.40 bits per heavy atom. The second kappa shape index (κ2) is 16.1. The molecule has 13 nitrogen and oxygen atoms in total. The lowest BCUT2D eigenvalue weighted by Crippen LogP contribution is -2.49. The number of hydrogen-bond acceptors (Lipinski definition) is 11. The van der Waals surface area contributed by atoms with Gasteiger partial charge in [0, 0.05) is 19.5 Å². The molecule has 2 saturated heterocycles. The van der Waals surface area contributed by atoms with Gasteiger partial charge >= 0.3 is 6.03 Å². The average Bonchev–Trinajstić information content (AvgIpc) is 3.11. The molecule has 3 amide bonds. The number of ether oxygens (including phenoxy) is 1. The molecule has 2 aromatic carbocycles. The van der Waals surface area contributed by atoms with E-state index in [9.17, 15) is 18.0 Å². The molecule has 280 valence electrons. The van der Waals surface area contributed by atoms with E-state index in [2.05, 4.69) is 54.9 Å². The van der Waals surface area contributed by atoms with Crippen molar-refractivity contribution in [3.63, 3.8) is 0 Å². The van der Waals surface area contributed by atoms with Gasteiger partial charge in [0.05, 0.1) is 51.4 Å². The van der Waals surface area contributed by atoms with Crippen LogP contribution in [0.1, 0.15) is 69.7 Å². The van der Waals surface area contributed by atoms with Gasteiger partial charge in [-0.2, -0.15) is 4.98 Å². The minimum absolute atomic E-state index is 0.0820. The van der Waals surface area contributed by atoms with E-state index < -0.39 is 21.1 Å². The first-order valence-electron chi connectivity index (χ1n) is 17.8. The molecule has 0 spiro atoms. The Kier molecular flexibility index (Phi) is 11.5. The molecule has 2 aromatic heterocycles. The van der Waals surface area contributed by atoms with E-state index in [0.717, 1.165) is 37.2 Å². The number of amides is 3. The van der Waals surface area contributed by atoms with Crippen LogP contribution >= 0.6 is 11.6 Å². The number of urea groups is 1. The number of carbonyl (C=O) groups is 2. The maximum absolute atomic E-state index is 13.0. The number of piperidine rings is 1. The first-order valence-corrected chi connectivity index (χ1v) is 19.7. The zero-order chi connectivity index (χ0) is 37.9. The summed E-state index contributed by atoms with van der Waals surface area (Å²) in [5.41, 5.74) is 5.02. The molecule has 2 aliphatic rings. The van der Waals surface area contributed by atoms with E-state index in [0.29, 0.717) is 41.8 Å². The van der Waals surface area contributed by atoms with Crippen LogP contribution in [-0.4, -0.2) is 71.2 Å². The van der Waals surface area contributed by atoms with Gasteiger partial charge in [-0.1, -0.05) is 23.7 Å². The number of sulfone groups is 1. The van der Waals surface area contributed by atoms with E-state index in [-0.39, 0.29) is 40.1 Å². The molecule has 0 unspecified atom stereocenters. The molecule has 15 heteroatoms. The van der Waals surface area contributed by atoms with Crippen molar-refractivity contribution in [3.05, 3.63) is 82.8 Å². The number of aromatic nitrogens is 3. The number of imide groups is 1. The number of likely N-dealkylation sites (tertiary alicyclic amines) is 1. The highest BCUT2D eigenvalue weighted by atomic mass is 35.5. The highest BCUT2D eigenvalue weighted by Gasteiger charge is 2.27. The molecule has 6 rings (SSSR count). The number of rotatable bonds is 12. The van der Waals surface area contributed by atoms with E-state index in [1.807, 2.05) is 26.0 Å². The van der Waals surface area contributed by atoms with Gasteiger partial charge in [0.25, 0.3) is 0 Å². The van der Waals surface area contributed by atoms with E-state index in [1.165, 1.54) is 16.7 Å². The van der Waals surface area contributed by atoms with Gasteiger partial charge in [-0.25, -0.2) is 18.2 Å². The number of anilines is 5. The molecule has 0 atom stereocenters. The monoisotopic (exact) mass is 760 g/mol. The number of hydrogen-bond donors (Lipinski definition) is 3. The highest BCUT2D eigenvalue weighted by Crippen LogP contribution is 2.39. The summed E-state index contributed by atoms with van der Waals surface area (Å²) in [5.74, 6) is 1.30. The SMILES string of the molecule is Cc1cc(Nc2ncc(Cl)c(Nc3ccccc3S(=O)(=O)C(C)C)n2)c(OC(C)C)cc1C1CCN(Cc2ccc(N3CCC(=O)NC3=O)cn2)CC1. The number of nitrogens with zero attached hydrogens (tertiary/aromatic N) is 5. The summed E-state index contributed by atoms with van der Waals surface area (Å²) in [6.07, 6.45) is 5.29. The summed E-state index contributed by atoms with van der Waals surface area (Å²) in [6, 6.07) is 14.3. The van der Waals surface area contributed by atoms with Gasteiger partial charge in [-0.3, -0.25) is 24.9 Å². The Hall–Kier alpha value is -4.79. The van der Waals surface area contributed by atoms with Crippen LogP contribution in [0, 0.1) is 6.92 Å². The Morgan fingerprint density at radius 2 is 1.72 bits per heavy atom. The lowest BCUT2D eigenvalue weighted by molar-refractivity contribution is -0.120. The van der Waals surface area contributed by atoms with Crippen LogP contribution in [0.4, 0.5) is 33.6 Å². The summed E-state index contributed by atoms with van der Waals surface area (Å²) < 4.78 is 32.4. The number of pyridine rings is 1. The zero-order valence-electron chi connectivity index (χ0n) is 30.5. The second-order valence-electron chi connectivity index (χ2n) is 13.9. The fourth-order valence-electron chi connectivity index (χ4n) is 6.54. The molecule has 0 saturated carbocycles. The van der Waals surface area contributed by atoms with Gasteiger partial charge in [-0.05, 0) is 114 Å². The number of nitrogens with one attached hydrogen (secondary N) is 3. The number of halogens is 1. The molecule has 2 fully saturated rings. The van der Waals surface area contributed by atoms with Gasteiger partial charge in [-0.15, -0.1) is 0 Å². The first-order chi connectivity index (χ1) is 25.3. The van der Waals surface area contributed by atoms with Crippen molar-refractivity contribution in [2.24, 2.45) is 0 Å². The van der Waals surface area contributed by atoms with Crippen LogP contribution in [0.25, 0.3) is 0 Å². The van der Waals surface area contributed by atoms with E-state index in [4.69, 9.17) is 16.3 Å². The predicted octanol–water partition coefficient (Wildman–Crippen LogP) is 7.12. The van der Waals surface area contributed by atoms with Crippen LogP contribution in [0.2, 0.25) is 5.02 Å². The molecule has 2 aliphatic heterocycles. The summed E-state index contributed by atoms with van der Waals surface area (Å²) in [6.45, 7) is 12.2. The van der Waals surface area contributed by atoms with Gasteiger partial charge < -0.3 is 15.4 Å². The summed E-state index contributed by atoms with van der Waals surface area (Å²) in [4.78, 5) is 41.4. The summed E-state index contributed by atoms with van der Waals surface area (Å²) in [5, 5.41) is 8.40. The Labute approximate surface area is 315 Å². The third-order valence-corrected chi connectivity index (χ3v) is 11.9. The summed E-state index contributed by atoms with van der Waals surface area (Å²) >= 11 is 6.49. The fourth-order valence-corrected chi connectivity index (χ4v) is 7.88. The minimum atomic E-state index is -3.57. The van der Waals surface area contributed by atoms with Crippen molar-refractivity contribution >= 4 is 62.2 Å². The number of aryl methyl sites for hydroxylation is 1. The van der Waals surface area contributed by atoms with Crippen LogP contribution in [0.5, 0.6) is 5.75 Å². The van der Waals surface area contributed by atoms with Gasteiger partial charge in [0.1, 0.15) is 10.8 Å². The zero-order valence-corrected chi connectivity index (χ0v) is 32.1. The van der Waals surface area contributed by atoms with Gasteiger partial charge in [0.15, 0.2) is 15.7 Å². The first kappa shape index (κ1) is 38.0. The molecule has 4 aromatic rings. The largest absolute Gasteiger partial charge is 0.489 e. The van der Waals surface area contributed by atoms with E-state index in [1.54, 1.807) is 44.3 Å². The van der Waals surface area contributed by atoms with Crippen LogP contribution in [0.3, 0.4) is 0 Å². The third-order valence-electron chi connectivity index (χ3n) is 9.38. The Morgan fingerprint density at radius 1 is 0.962 bits per heavy atom. The minimum Gasteiger partial charge on any atom is -0.489 e. The van der Waals surface area contributed by atoms with Crippen LogP contribution < -0.4 is 25.6 Å².